The summed E-state index contributed by atoms with van der Waals surface area (Å²) in [5.41, 5.74) is 13.3. The van der Waals surface area contributed by atoms with Crippen LogP contribution in [-0.4, -0.2) is 51.9 Å². The predicted molar refractivity (Wildman–Crippen MR) is 117 cm³/mol. The summed E-state index contributed by atoms with van der Waals surface area (Å²) in [4.78, 5) is 33.6. The average Bonchev–Trinajstić information content (AvgIpc) is 3.12. The molecular formula is C21H25N7O4. The summed E-state index contributed by atoms with van der Waals surface area (Å²) in [6, 6.07) is 6.94. The first-order valence-electron chi connectivity index (χ1n) is 9.92. The van der Waals surface area contributed by atoms with Crippen LogP contribution in [0, 0.1) is 0 Å². The number of hydrogen-bond donors (Lipinski definition) is 3. The number of pyridine rings is 2. The van der Waals surface area contributed by atoms with Crippen LogP contribution in [0.3, 0.4) is 0 Å². The van der Waals surface area contributed by atoms with E-state index >= 15 is 0 Å². The van der Waals surface area contributed by atoms with E-state index in [-0.39, 0.29) is 35.1 Å². The highest BCUT2D eigenvalue weighted by atomic mass is 16.5. The molecular weight excluding hydrogens is 414 g/mol. The summed E-state index contributed by atoms with van der Waals surface area (Å²) < 4.78 is 12.1. The van der Waals surface area contributed by atoms with Gasteiger partial charge in [-0.25, -0.2) is 4.98 Å². The third-order valence-electron chi connectivity index (χ3n) is 4.55. The summed E-state index contributed by atoms with van der Waals surface area (Å²) in [6.45, 7) is 2.71. The number of rotatable bonds is 10. The fourth-order valence-corrected chi connectivity index (χ4v) is 3.08. The predicted octanol–water partition coefficient (Wildman–Crippen LogP) is 1.24. The number of carbonyl (C=O) groups is 2. The molecule has 3 heterocycles. The Balaban J connectivity index is 1.95. The Bertz CT molecular complexity index is 1100. The van der Waals surface area contributed by atoms with Gasteiger partial charge < -0.3 is 26.3 Å². The number of methoxy groups -OCH3 is 1. The lowest BCUT2D eigenvalue weighted by Crippen LogP contribution is -2.20. The molecule has 0 saturated heterocycles. The summed E-state index contributed by atoms with van der Waals surface area (Å²) in [6.07, 6.45) is 3.53. The number of hydrogen-bond acceptors (Lipinski definition) is 8. The molecule has 0 bridgehead atoms. The monoisotopic (exact) mass is 439 g/mol. The number of carbonyl (C=O) groups excluding carboxylic acids is 2. The molecule has 0 fully saturated rings. The minimum Gasteiger partial charge on any atom is -0.475 e. The van der Waals surface area contributed by atoms with E-state index in [1.807, 2.05) is 19.1 Å². The van der Waals surface area contributed by atoms with Gasteiger partial charge in [-0.2, -0.15) is 5.10 Å². The largest absolute Gasteiger partial charge is 0.475 e. The van der Waals surface area contributed by atoms with E-state index in [1.54, 1.807) is 16.9 Å². The Morgan fingerprint density at radius 3 is 2.69 bits per heavy atom. The molecule has 0 radical (unpaired) electrons. The van der Waals surface area contributed by atoms with Gasteiger partial charge in [-0.05, 0) is 24.6 Å². The van der Waals surface area contributed by atoms with Crippen molar-refractivity contribution in [2.75, 3.05) is 31.4 Å². The number of nitrogen functional groups attached to an aromatic ring is 1. The van der Waals surface area contributed by atoms with Crippen LogP contribution in [0.5, 0.6) is 5.88 Å². The third-order valence-corrected chi connectivity index (χ3v) is 4.55. The quantitative estimate of drug-likeness (QED) is 0.398. The molecule has 0 aliphatic carbocycles. The lowest BCUT2D eigenvalue weighted by atomic mass is 10.2. The van der Waals surface area contributed by atoms with Crippen LogP contribution in [0.1, 0.15) is 39.2 Å². The maximum absolute atomic E-state index is 13.1. The Labute approximate surface area is 184 Å². The second kappa shape index (κ2) is 10.4. The lowest BCUT2D eigenvalue weighted by molar-refractivity contribution is 0.0995. The van der Waals surface area contributed by atoms with Gasteiger partial charge in [-0.15, -0.1) is 0 Å². The molecule has 0 unspecified atom stereocenters. The van der Waals surface area contributed by atoms with Crippen molar-refractivity contribution in [2.45, 2.75) is 19.9 Å². The number of aromatic nitrogens is 4. The molecule has 32 heavy (non-hydrogen) atoms. The highest BCUT2D eigenvalue weighted by Crippen LogP contribution is 2.25. The molecule has 0 spiro atoms. The van der Waals surface area contributed by atoms with Crippen LogP contribution in [-0.2, 0) is 17.7 Å². The lowest BCUT2D eigenvalue weighted by Gasteiger charge is -2.12. The summed E-state index contributed by atoms with van der Waals surface area (Å²) in [5.74, 6) is -1.24. The Kier molecular flexibility index (Phi) is 7.34. The van der Waals surface area contributed by atoms with E-state index in [9.17, 15) is 9.59 Å². The second-order valence-corrected chi connectivity index (χ2v) is 6.78. The number of nitrogens with zero attached hydrogens (tertiary/aromatic N) is 4. The molecule has 11 nitrogen and oxygen atoms in total. The first kappa shape index (κ1) is 22.7. The first-order valence-corrected chi connectivity index (χ1v) is 9.92. The zero-order valence-corrected chi connectivity index (χ0v) is 17.9. The minimum atomic E-state index is -0.767. The van der Waals surface area contributed by atoms with E-state index in [2.05, 4.69) is 20.4 Å². The molecule has 0 aliphatic heterocycles. The van der Waals surface area contributed by atoms with E-state index in [1.165, 1.54) is 19.4 Å². The molecule has 168 valence electrons. The van der Waals surface area contributed by atoms with Gasteiger partial charge in [0.15, 0.2) is 5.69 Å². The number of nitrogens with two attached hydrogens (primary N) is 2. The van der Waals surface area contributed by atoms with E-state index in [4.69, 9.17) is 20.9 Å². The van der Waals surface area contributed by atoms with Crippen molar-refractivity contribution in [3.63, 3.8) is 0 Å². The molecule has 11 heteroatoms. The molecule has 0 aliphatic rings. The number of ether oxygens (including phenoxy) is 2. The molecule has 0 saturated carbocycles. The van der Waals surface area contributed by atoms with Crippen molar-refractivity contribution in [2.24, 2.45) is 5.73 Å². The molecule has 3 aromatic heterocycles. The Hall–Kier alpha value is -3.99. The molecule has 3 rings (SSSR count). The molecule has 0 aromatic carbocycles. The van der Waals surface area contributed by atoms with E-state index in [0.29, 0.717) is 25.3 Å². The van der Waals surface area contributed by atoms with Gasteiger partial charge in [0, 0.05) is 13.3 Å². The van der Waals surface area contributed by atoms with Crippen LogP contribution < -0.4 is 21.5 Å². The zero-order valence-electron chi connectivity index (χ0n) is 17.9. The standard InChI is InChI=1S/C21H25N7O4/c1-3-16-17(18(19(23)29)27-28(16)12-14-6-4-5-7-24-14)26-20(30)15-10-13(22)11-25-21(15)32-9-8-31-2/h4-7,10-11H,3,8-9,12,22H2,1-2H3,(H2,23,29)(H,26,30). The topological polar surface area (TPSA) is 160 Å². The van der Waals surface area contributed by atoms with Gasteiger partial charge in [-0.1, -0.05) is 13.0 Å². The maximum atomic E-state index is 13.1. The highest BCUT2D eigenvalue weighted by molar-refractivity contribution is 6.10. The Morgan fingerprint density at radius 1 is 1.22 bits per heavy atom. The van der Waals surface area contributed by atoms with Gasteiger partial charge in [0.2, 0.25) is 5.88 Å². The number of amides is 2. The fraction of sp³-hybridized carbons (Fsp3) is 0.286. The molecule has 3 aromatic rings. The average molecular weight is 439 g/mol. The maximum Gasteiger partial charge on any atom is 0.271 e. The normalized spacial score (nSPS) is 10.7. The van der Waals surface area contributed by atoms with Crippen molar-refractivity contribution in [1.29, 1.82) is 0 Å². The highest BCUT2D eigenvalue weighted by Gasteiger charge is 2.24. The van der Waals surface area contributed by atoms with Gasteiger partial charge in [0.1, 0.15) is 12.2 Å². The van der Waals surface area contributed by atoms with Crippen molar-refractivity contribution in [1.82, 2.24) is 19.7 Å². The summed E-state index contributed by atoms with van der Waals surface area (Å²) in [5, 5.41) is 7.06. The van der Waals surface area contributed by atoms with Gasteiger partial charge >= 0.3 is 0 Å². The smallest absolute Gasteiger partial charge is 0.271 e. The van der Waals surface area contributed by atoms with Gasteiger partial charge in [0.25, 0.3) is 11.8 Å². The minimum absolute atomic E-state index is 0.0511. The van der Waals surface area contributed by atoms with Crippen molar-refractivity contribution in [3.05, 3.63) is 59.3 Å². The number of nitrogens with one attached hydrogen (secondary N) is 1. The SMILES string of the molecule is CCc1c(NC(=O)c2cc(N)cnc2OCCOC)c(C(N)=O)nn1Cc1ccccn1. The third kappa shape index (κ3) is 5.19. The Morgan fingerprint density at radius 2 is 2.03 bits per heavy atom. The van der Waals surface area contributed by atoms with Crippen LogP contribution in [0.15, 0.2) is 36.7 Å². The summed E-state index contributed by atoms with van der Waals surface area (Å²) in [7, 11) is 1.54. The van der Waals surface area contributed by atoms with Crippen LogP contribution in [0.2, 0.25) is 0 Å². The summed E-state index contributed by atoms with van der Waals surface area (Å²) >= 11 is 0. The molecule has 5 N–H and O–H groups in total. The zero-order chi connectivity index (χ0) is 23.1. The van der Waals surface area contributed by atoms with Gasteiger partial charge in [-0.3, -0.25) is 19.3 Å². The van der Waals surface area contributed by atoms with Crippen LogP contribution in [0.25, 0.3) is 0 Å². The molecule has 0 atom stereocenters. The van der Waals surface area contributed by atoms with E-state index < -0.39 is 11.8 Å². The van der Waals surface area contributed by atoms with Gasteiger partial charge in [0.05, 0.1) is 42.1 Å². The van der Waals surface area contributed by atoms with Crippen LogP contribution in [0.4, 0.5) is 11.4 Å². The van der Waals surface area contributed by atoms with Crippen molar-refractivity contribution >= 4 is 23.2 Å². The first-order chi connectivity index (χ1) is 15.4. The second-order valence-electron chi connectivity index (χ2n) is 6.78. The van der Waals surface area contributed by atoms with Crippen LogP contribution >= 0.6 is 0 Å². The number of anilines is 2. The van der Waals surface area contributed by atoms with E-state index in [0.717, 1.165) is 5.69 Å². The molecule has 2 amide bonds. The number of primary amides is 1. The van der Waals surface area contributed by atoms with Crippen molar-refractivity contribution < 1.29 is 19.1 Å². The fourth-order valence-electron chi connectivity index (χ4n) is 3.08. The van der Waals surface area contributed by atoms with Crippen molar-refractivity contribution in [3.8, 4) is 5.88 Å².